The van der Waals surface area contributed by atoms with Crippen molar-refractivity contribution in [3.63, 3.8) is 0 Å². The summed E-state index contributed by atoms with van der Waals surface area (Å²) in [4.78, 5) is 4.55. The highest BCUT2D eigenvalue weighted by atomic mass is 32.2. The monoisotopic (exact) mass is 354 g/mol. The van der Waals surface area contributed by atoms with Gasteiger partial charge in [0.2, 0.25) is 5.95 Å². The van der Waals surface area contributed by atoms with Crippen LogP contribution in [-0.4, -0.2) is 24.8 Å². The largest absolute Gasteiger partial charge is 0.253 e. The maximum Gasteiger partial charge on any atom is 0.216 e. The van der Waals surface area contributed by atoms with Crippen molar-refractivity contribution in [2.24, 2.45) is 0 Å². The maximum atomic E-state index is 14.0. The van der Waals surface area contributed by atoms with Crippen LogP contribution in [0.1, 0.15) is 5.56 Å². The standard InChI is InChI=1S/C16H8F2N6S/c17-12-2-1-3-20-16(12)25-13-4-9(11-7-21-23-15(11)18)8-24-14(13)10(5-19)6-22-24/h1-4,6-8H,(H,21,23). The fourth-order valence-electron chi connectivity index (χ4n) is 2.41. The summed E-state index contributed by atoms with van der Waals surface area (Å²) in [7, 11) is 0. The zero-order valence-electron chi connectivity index (χ0n) is 12.4. The average Bonchev–Trinajstić information content (AvgIpc) is 3.22. The third kappa shape index (κ3) is 2.62. The molecule has 6 nitrogen and oxygen atoms in total. The summed E-state index contributed by atoms with van der Waals surface area (Å²) in [5, 5.41) is 19.5. The molecule has 4 aromatic rings. The molecule has 0 saturated heterocycles. The van der Waals surface area contributed by atoms with E-state index in [1.807, 2.05) is 0 Å². The molecule has 9 heteroatoms. The summed E-state index contributed by atoms with van der Waals surface area (Å²) >= 11 is 1.04. The smallest absolute Gasteiger partial charge is 0.216 e. The predicted octanol–water partition coefficient (Wildman–Crippen LogP) is 3.42. The summed E-state index contributed by atoms with van der Waals surface area (Å²) in [6.45, 7) is 0. The molecule has 0 amide bonds. The van der Waals surface area contributed by atoms with Crippen LogP contribution in [0.5, 0.6) is 0 Å². The third-order valence-corrected chi connectivity index (χ3v) is 4.56. The molecular formula is C16H8F2N6S. The normalized spacial score (nSPS) is 10.9. The van der Waals surface area contributed by atoms with Gasteiger partial charge in [-0.15, -0.1) is 0 Å². The van der Waals surface area contributed by atoms with Crippen molar-refractivity contribution in [2.75, 3.05) is 0 Å². The Bertz CT molecular complexity index is 1130. The number of hydrogen-bond donors (Lipinski definition) is 1. The molecule has 4 heterocycles. The number of fused-ring (bicyclic) bond motifs is 1. The van der Waals surface area contributed by atoms with Crippen molar-refractivity contribution in [2.45, 2.75) is 9.92 Å². The lowest BCUT2D eigenvalue weighted by Crippen LogP contribution is -1.94. The fraction of sp³-hybridized carbons (Fsp3) is 0. The first-order chi connectivity index (χ1) is 12.2. The van der Waals surface area contributed by atoms with Gasteiger partial charge >= 0.3 is 0 Å². The number of halogens is 2. The van der Waals surface area contributed by atoms with Crippen molar-refractivity contribution in [3.8, 4) is 17.2 Å². The van der Waals surface area contributed by atoms with E-state index in [0.717, 1.165) is 11.8 Å². The molecule has 0 aliphatic carbocycles. The highest BCUT2D eigenvalue weighted by Crippen LogP contribution is 2.36. The quantitative estimate of drug-likeness (QED) is 0.609. The van der Waals surface area contributed by atoms with Crippen LogP contribution in [0.15, 0.2) is 52.9 Å². The van der Waals surface area contributed by atoms with Crippen LogP contribution < -0.4 is 0 Å². The van der Waals surface area contributed by atoms with E-state index >= 15 is 0 Å². The molecule has 4 rings (SSSR count). The van der Waals surface area contributed by atoms with Crippen molar-refractivity contribution in [1.82, 2.24) is 24.8 Å². The molecule has 4 aromatic heterocycles. The first-order valence-electron chi connectivity index (χ1n) is 7.06. The Hall–Kier alpha value is -3.25. The Morgan fingerprint density at radius 3 is 2.88 bits per heavy atom. The third-order valence-electron chi connectivity index (χ3n) is 3.53. The van der Waals surface area contributed by atoms with Gasteiger partial charge in [0.25, 0.3) is 0 Å². The number of nitrogens with one attached hydrogen (secondary N) is 1. The molecule has 0 atom stereocenters. The molecule has 0 aliphatic rings. The Morgan fingerprint density at radius 1 is 1.28 bits per heavy atom. The number of nitriles is 1. The lowest BCUT2D eigenvalue weighted by atomic mass is 10.1. The van der Waals surface area contributed by atoms with Crippen molar-refractivity contribution in [1.29, 1.82) is 5.26 Å². The van der Waals surface area contributed by atoms with Crippen LogP contribution in [0.2, 0.25) is 0 Å². The topological polar surface area (TPSA) is 82.7 Å². The zero-order valence-corrected chi connectivity index (χ0v) is 13.3. The minimum Gasteiger partial charge on any atom is -0.253 e. The average molecular weight is 354 g/mol. The van der Waals surface area contributed by atoms with Gasteiger partial charge in [-0.3, -0.25) is 5.10 Å². The molecule has 0 bridgehead atoms. The first kappa shape index (κ1) is 15.3. The Balaban J connectivity index is 1.94. The maximum absolute atomic E-state index is 14.0. The van der Waals surface area contributed by atoms with E-state index in [4.69, 9.17) is 0 Å². The zero-order chi connectivity index (χ0) is 17.4. The van der Waals surface area contributed by atoms with Gasteiger partial charge in [-0.1, -0.05) is 11.8 Å². The lowest BCUT2D eigenvalue weighted by Gasteiger charge is -2.08. The van der Waals surface area contributed by atoms with Crippen molar-refractivity contribution in [3.05, 3.63) is 60.3 Å². The minimum atomic E-state index is -0.591. The number of nitrogens with zero attached hydrogens (tertiary/aromatic N) is 5. The molecule has 0 unspecified atom stereocenters. The van der Waals surface area contributed by atoms with E-state index in [1.165, 1.54) is 35.2 Å². The SMILES string of the molecule is N#Cc1cnn2cc(-c3cn[nH]c3F)cc(Sc3ncccc3F)c12. The molecule has 25 heavy (non-hydrogen) atoms. The van der Waals surface area contributed by atoms with Crippen LogP contribution >= 0.6 is 11.8 Å². The number of H-pyrrole nitrogens is 1. The second kappa shape index (κ2) is 5.99. The van der Waals surface area contributed by atoms with E-state index in [0.29, 0.717) is 21.5 Å². The molecule has 1 N–H and O–H groups in total. The molecule has 0 fully saturated rings. The summed E-state index contributed by atoms with van der Waals surface area (Å²) in [6.07, 6.45) is 5.82. The number of pyridine rings is 2. The molecule has 0 aromatic carbocycles. The molecular weight excluding hydrogens is 346 g/mol. The predicted molar refractivity (Wildman–Crippen MR) is 85.8 cm³/mol. The van der Waals surface area contributed by atoms with Gasteiger partial charge in [-0.25, -0.2) is 13.9 Å². The number of hydrogen-bond acceptors (Lipinski definition) is 5. The molecule has 122 valence electrons. The highest BCUT2D eigenvalue weighted by Gasteiger charge is 2.17. The van der Waals surface area contributed by atoms with E-state index in [9.17, 15) is 14.0 Å². The van der Waals surface area contributed by atoms with Gasteiger partial charge in [0.15, 0.2) is 5.82 Å². The summed E-state index contributed by atoms with van der Waals surface area (Å²) in [5.74, 6) is -1.07. The Morgan fingerprint density at radius 2 is 2.16 bits per heavy atom. The number of rotatable bonds is 3. The summed E-state index contributed by atoms with van der Waals surface area (Å²) in [5.41, 5.74) is 1.58. The Labute approximate surface area is 144 Å². The highest BCUT2D eigenvalue weighted by molar-refractivity contribution is 7.99. The molecule has 0 saturated carbocycles. The fourth-order valence-corrected chi connectivity index (χ4v) is 3.39. The van der Waals surface area contributed by atoms with Crippen molar-refractivity contribution < 1.29 is 8.78 Å². The van der Waals surface area contributed by atoms with Crippen LogP contribution in [0.3, 0.4) is 0 Å². The van der Waals surface area contributed by atoms with E-state index in [2.05, 4.69) is 26.3 Å². The summed E-state index contributed by atoms with van der Waals surface area (Å²) < 4.78 is 29.3. The first-order valence-corrected chi connectivity index (χ1v) is 7.88. The minimum absolute atomic E-state index is 0.152. The molecule has 0 radical (unpaired) electrons. The second-order valence-corrected chi connectivity index (χ2v) is 6.08. The van der Waals surface area contributed by atoms with Gasteiger partial charge in [0, 0.05) is 22.9 Å². The van der Waals surface area contributed by atoms with Crippen LogP contribution in [0.4, 0.5) is 8.78 Å². The number of aromatic amines is 1. The van der Waals surface area contributed by atoms with Crippen LogP contribution in [0.25, 0.3) is 16.6 Å². The van der Waals surface area contributed by atoms with Crippen LogP contribution in [0, 0.1) is 23.1 Å². The van der Waals surface area contributed by atoms with Gasteiger partial charge in [0.05, 0.1) is 29.0 Å². The van der Waals surface area contributed by atoms with E-state index in [1.54, 1.807) is 12.3 Å². The van der Waals surface area contributed by atoms with Gasteiger partial charge in [0.1, 0.15) is 11.1 Å². The lowest BCUT2D eigenvalue weighted by molar-refractivity contribution is 0.582. The summed E-state index contributed by atoms with van der Waals surface area (Å²) in [6, 6.07) is 6.50. The van der Waals surface area contributed by atoms with E-state index in [-0.39, 0.29) is 10.6 Å². The van der Waals surface area contributed by atoms with Gasteiger partial charge < -0.3 is 0 Å². The van der Waals surface area contributed by atoms with Crippen molar-refractivity contribution >= 4 is 17.3 Å². The van der Waals surface area contributed by atoms with Gasteiger partial charge in [-0.05, 0) is 18.2 Å². The van der Waals surface area contributed by atoms with Gasteiger partial charge in [-0.2, -0.15) is 19.8 Å². The molecule has 0 spiro atoms. The second-order valence-electron chi connectivity index (χ2n) is 5.05. The Kier molecular flexibility index (Phi) is 3.66. The molecule has 0 aliphatic heterocycles. The van der Waals surface area contributed by atoms with Crippen LogP contribution in [-0.2, 0) is 0 Å². The number of aromatic nitrogens is 5. The van der Waals surface area contributed by atoms with E-state index < -0.39 is 11.8 Å².